The zero-order valence-corrected chi connectivity index (χ0v) is 17.2. The SMILES string of the molecule is CC(C)(C)N1C(=O)C2C(CCC(N)=O)NC3(C(=O)Nc4c(Cl)cccc43)C2C1=O. The molecule has 4 unspecified atom stereocenters. The first kappa shape index (κ1) is 19.8. The van der Waals surface area contributed by atoms with Crippen LogP contribution in [0.3, 0.4) is 0 Å². The van der Waals surface area contributed by atoms with Crippen LogP contribution >= 0.6 is 11.6 Å². The highest BCUT2D eigenvalue weighted by atomic mass is 35.5. The minimum absolute atomic E-state index is 0.0397. The second kappa shape index (κ2) is 6.27. The smallest absolute Gasteiger partial charge is 0.250 e. The summed E-state index contributed by atoms with van der Waals surface area (Å²) in [6, 6.07) is 4.54. The van der Waals surface area contributed by atoms with Crippen LogP contribution < -0.4 is 16.4 Å². The lowest BCUT2D eigenvalue weighted by molar-refractivity contribution is -0.148. The maximum atomic E-state index is 13.5. The summed E-state index contributed by atoms with van der Waals surface area (Å²) in [5, 5.41) is 6.38. The van der Waals surface area contributed by atoms with Crippen LogP contribution in [-0.4, -0.2) is 40.1 Å². The van der Waals surface area contributed by atoms with Gasteiger partial charge in [-0.2, -0.15) is 0 Å². The number of likely N-dealkylation sites (tertiary alicyclic amines) is 1. The van der Waals surface area contributed by atoms with Gasteiger partial charge in [0.25, 0.3) is 0 Å². The Morgan fingerprint density at radius 1 is 1.24 bits per heavy atom. The van der Waals surface area contributed by atoms with Crippen molar-refractivity contribution < 1.29 is 19.2 Å². The number of imide groups is 1. The average molecular weight is 419 g/mol. The van der Waals surface area contributed by atoms with Gasteiger partial charge in [-0.15, -0.1) is 0 Å². The van der Waals surface area contributed by atoms with Crippen LogP contribution in [0.5, 0.6) is 0 Å². The van der Waals surface area contributed by atoms with Crippen LogP contribution in [0.2, 0.25) is 5.02 Å². The summed E-state index contributed by atoms with van der Waals surface area (Å²) in [5.74, 6) is -3.36. The van der Waals surface area contributed by atoms with Crippen LogP contribution in [0.1, 0.15) is 39.2 Å². The van der Waals surface area contributed by atoms with E-state index in [1.54, 1.807) is 39.0 Å². The van der Waals surface area contributed by atoms with E-state index in [0.29, 0.717) is 16.3 Å². The van der Waals surface area contributed by atoms with Gasteiger partial charge in [-0.1, -0.05) is 23.7 Å². The molecule has 0 bridgehead atoms. The molecule has 1 spiro atoms. The highest BCUT2D eigenvalue weighted by molar-refractivity contribution is 6.35. The summed E-state index contributed by atoms with van der Waals surface area (Å²) in [5.41, 5.74) is 4.14. The van der Waals surface area contributed by atoms with Gasteiger partial charge in [-0.25, -0.2) is 0 Å². The van der Waals surface area contributed by atoms with Crippen LogP contribution in [0, 0.1) is 11.8 Å². The molecule has 0 aliphatic carbocycles. The van der Waals surface area contributed by atoms with Gasteiger partial charge in [0.15, 0.2) is 0 Å². The summed E-state index contributed by atoms with van der Waals surface area (Å²) in [7, 11) is 0. The van der Waals surface area contributed by atoms with E-state index in [2.05, 4.69) is 10.6 Å². The molecule has 0 radical (unpaired) electrons. The summed E-state index contributed by atoms with van der Waals surface area (Å²) < 4.78 is 0. The zero-order valence-electron chi connectivity index (χ0n) is 16.4. The van der Waals surface area contributed by atoms with Crippen molar-refractivity contribution >= 4 is 40.9 Å². The number of rotatable bonds is 3. The molecule has 3 aliphatic rings. The number of carbonyl (C=O) groups is 4. The second-order valence-corrected chi connectivity index (χ2v) is 9.27. The van der Waals surface area contributed by atoms with Gasteiger partial charge in [-0.3, -0.25) is 29.4 Å². The van der Waals surface area contributed by atoms with Crippen molar-refractivity contribution in [2.75, 3.05) is 5.32 Å². The molecule has 4 amide bonds. The number of primary amides is 1. The molecule has 29 heavy (non-hydrogen) atoms. The topological polar surface area (TPSA) is 122 Å². The number of halogens is 1. The van der Waals surface area contributed by atoms with E-state index < -0.39 is 46.7 Å². The third kappa shape index (κ3) is 2.62. The number of amides is 4. The average Bonchev–Trinajstić information content (AvgIpc) is 3.19. The Hall–Kier alpha value is -2.45. The molecule has 0 saturated carbocycles. The number of hydrogen-bond donors (Lipinski definition) is 3. The molecule has 2 fully saturated rings. The second-order valence-electron chi connectivity index (χ2n) is 8.87. The Labute approximate surface area is 173 Å². The lowest BCUT2D eigenvalue weighted by atomic mass is 9.76. The van der Waals surface area contributed by atoms with E-state index in [1.165, 1.54) is 4.90 Å². The molecular weight excluding hydrogens is 396 g/mol. The van der Waals surface area contributed by atoms with Gasteiger partial charge in [0.05, 0.1) is 22.5 Å². The zero-order chi connectivity index (χ0) is 21.3. The number of fused-ring (bicyclic) bond motifs is 4. The van der Waals surface area contributed by atoms with E-state index in [9.17, 15) is 19.2 Å². The first-order valence-corrected chi connectivity index (χ1v) is 9.92. The third-order valence-electron chi connectivity index (χ3n) is 6.07. The normalized spacial score (nSPS) is 30.7. The summed E-state index contributed by atoms with van der Waals surface area (Å²) in [6.07, 6.45) is 0.288. The quantitative estimate of drug-likeness (QED) is 0.635. The predicted molar refractivity (Wildman–Crippen MR) is 106 cm³/mol. The Bertz CT molecular complexity index is 956. The number of nitrogens with one attached hydrogen (secondary N) is 2. The van der Waals surface area contributed by atoms with E-state index in [-0.39, 0.29) is 18.7 Å². The predicted octanol–water partition coefficient (Wildman–Crippen LogP) is 1.12. The number of benzene rings is 1. The van der Waals surface area contributed by atoms with Gasteiger partial charge < -0.3 is 11.1 Å². The molecule has 4 N–H and O–H groups in total. The molecule has 0 aromatic heterocycles. The molecular formula is C20H23ClN4O4. The maximum Gasteiger partial charge on any atom is 0.250 e. The van der Waals surface area contributed by atoms with Gasteiger partial charge >= 0.3 is 0 Å². The Kier molecular flexibility index (Phi) is 4.29. The summed E-state index contributed by atoms with van der Waals surface area (Å²) >= 11 is 6.28. The molecule has 3 heterocycles. The molecule has 2 saturated heterocycles. The van der Waals surface area contributed by atoms with Crippen LogP contribution in [0.25, 0.3) is 0 Å². The molecule has 4 atom stereocenters. The van der Waals surface area contributed by atoms with Crippen LogP contribution in [0.4, 0.5) is 5.69 Å². The van der Waals surface area contributed by atoms with E-state index >= 15 is 0 Å². The Morgan fingerprint density at radius 3 is 2.55 bits per heavy atom. The largest absolute Gasteiger partial charge is 0.370 e. The van der Waals surface area contributed by atoms with Crippen molar-refractivity contribution in [1.29, 1.82) is 0 Å². The summed E-state index contributed by atoms with van der Waals surface area (Å²) in [6.45, 7) is 5.34. The molecule has 8 nitrogen and oxygen atoms in total. The maximum absolute atomic E-state index is 13.5. The first-order valence-electron chi connectivity index (χ1n) is 9.54. The van der Waals surface area contributed by atoms with Crippen molar-refractivity contribution in [2.24, 2.45) is 17.6 Å². The molecule has 154 valence electrons. The van der Waals surface area contributed by atoms with Gasteiger partial charge in [0.1, 0.15) is 5.54 Å². The Balaban J connectivity index is 1.88. The van der Waals surface area contributed by atoms with Crippen LogP contribution in [-0.2, 0) is 24.7 Å². The summed E-state index contributed by atoms with van der Waals surface area (Å²) in [4.78, 5) is 52.7. The highest BCUT2D eigenvalue weighted by Gasteiger charge is 2.71. The third-order valence-corrected chi connectivity index (χ3v) is 6.39. The van der Waals surface area contributed by atoms with E-state index in [4.69, 9.17) is 17.3 Å². The Morgan fingerprint density at radius 2 is 1.93 bits per heavy atom. The van der Waals surface area contributed by atoms with Crippen molar-refractivity contribution in [3.8, 4) is 0 Å². The van der Waals surface area contributed by atoms with Gasteiger partial charge in [-0.05, 0) is 33.3 Å². The monoisotopic (exact) mass is 418 g/mol. The van der Waals surface area contributed by atoms with Gasteiger partial charge in [0.2, 0.25) is 23.6 Å². The number of anilines is 1. The van der Waals surface area contributed by atoms with Crippen molar-refractivity contribution in [3.05, 3.63) is 28.8 Å². The molecule has 3 aliphatic heterocycles. The van der Waals surface area contributed by atoms with Gasteiger partial charge in [0, 0.05) is 23.6 Å². The number of nitrogens with two attached hydrogens (primary N) is 1. The van der Waals surface area contributed by atoms with Crippen LogP contribution in [0.15, 0.2) is 18.2 Å². The van der Waals surface area contributed by atoms with E-state index in [0.717, 1.165) is 0 Å². The number of hydrogen-bond acceptors (Lipinski definition) is 5. The van der Waals surface area contributed by atoms with E-state index in [1.807, 2.05) is 0 Å². The minimum atomic E-state index is -1.42. The molecule has 9 heteroatoms. The number of nitrogens with zero attached hydrogens (tertiary/aromatic N) is 1. The number of carbonyl (C=O) groups excluding carboxylic acids is 4. The fraction of sp³-hybridized carbons (Fsp3) is 0.500. The molecule has 1 aromatic carbocycles. The lowest BCUT2D eigenvalue weighted by Gasteiger charge is -2.34. The standard InChI is InChI=1S/C20H23ClN4O4/c1-19(2,3)25-16(27)13-11(7-8-12(22)26)24-20(14(13)17(25)28)9-5-4-6-10(21)15(9)23-18(20)29/h4-6,11,13-14,24H,7-8H2,1-3H3,(H2,22,26)(H,23,29). The lowest BCUT2D eigenvalue weighted by Crippen LogP contribution is -2.55. The number of para-hydroxylation sites is 1. The first-order chi connectivity index (χ1) is 13.5. The van der Waals surface area contributed by atoms with Crippen molar-refractivity contribution in [2.45, 2.75) is 50.7 Å². The van der Waals surface area contributed by atoms with Crippen molar-refractivity contribution in [3.63, 3.8) is 0 Å². The molecule has 1 aromatic rings. The fourth-order valence-electron chi connectivity index (χ4n) is 5.00. The minimum Gasteiger partial charge on any atom is -0.370 e. The molecule has 4 rings (SSSR count). The highest BCUT2D eigenvalue weighted by Crippen LogP contribution is 2.55. The fourth-order valence-corrected chi connectivity index (χ4v) is 5.22. The van der Waals surface area contributed by atoms with Crippen molar-refractivity contribution in [1.82, 2.24) is 10.2 Å².